The van der Waals surface area contributed by atoms with E-state index in [2.05, 4.69) is 5.32 Å². The van der Waals surface area contributed by atoms with E-state index in [1.165, 1.54) is 0 Å². The normalized spacial score (nSPS) is 19.9. The molecule has 1 aromatic rings. The van der Waals surface area contributed by atoms with Gasteiger partial charge in [0.05, 0.1) is 0 Å². The Balaban J connectivity index is 2.06. The van der Waals surface area contributed by atoms with Crippen LogP contribution < -0.4 is 5.32 Å². The molecule has 2 atom stereocenters. The van der Waals surface area contributed by atoms with Gasteiger partial charge in [0.1, 0.15) is 11.6 Å². The maximum atomic E-state index is 12.0. The van der Waals surface area contributed by atoms with E-state index in [1.807, 2.05) is 56.9 Å². The van der Waals surface area contributed by atoms with E-state index in [4.69, 9.17) is 4.74 Å². The molecule has 6 nitrogen and oxygen atoms in total. The third-order valence-electron chi connectivity index (χ3n) is 4.17. The molecule has 2 unspecified atom stereocenters. The standard InChI is InChI=1S/C19H28N2O4/c1-13-7-9-14(10-8-13)16(17(22)23)21-11-5-6-15(12-21)20-18(24)25-19(2,3)4/h7-10,15-16H,5-6,11-12H2,1-4H3,(H,20,24)(H,22,23). The Morgan fingerprint density at radius 3 is 2.48 bits per heavy atom. The van der Waals surface area contributed by atoms with Gasteiger partial charge < -0.3 is 15.2 Å². The maximum Gasteiger partial charge on any atom is 0.407 e. The number of carboxylic acids is 1. The number of hydrogen-bond acceptors (Lipinski definition) is 4. The van der Waals surface area contributed by atoms with Gasteiger partial charge in [-0.3, -0.25) is 9.69 Å². The van der Waals surface area contributed by atoms with Crippen molar-refractivity contribution in [2.75, 3.05) is 13.1 Å². The number of hydrogen-bond donors (Lipinski definition) is 2. The fourth-order valence-electron chi connectivity index (χ4n) is 3.09. The molecule has 0 spiro atoms. The second kappa shape index (κ2) is 7.87. The van der Waals surface area contributed by atoms with E-state index in [-0.39, 0.29) is 6.04 Å². The molecule has 25 heavy (non-hydrogen) atoms. The summed E-state index contributed by atoms with van der Waals surface area (Å²) < 4.78 is 5.30. The predicted octanol–water partition coefficient (Wildman–Crippen LogP) is 3.11. The van der Waals surface area contributed by atoms with Crippen molar-refractivity contribution in [1.29, 1.82) is 0 Å². The number of carboxylic acid groups (broad SMARTS) is 1. The van der Waals surface area contributed by atoms with Crippen LogP contribution >= 0.6 is 0 Å². The molecule has 138 valence electrons. The summed E-state index contributed by atoms with van der Waals surface area (Å²) in [6, 6.07) is 6.75. The van der Waals surface area contributed by atoms with Gasteiger partial charge in [0.25, 0.3) is 0 Å². The van der Waals surface area contributed by atoms with Crippen LogP contribution in [0, 0.1) is 6.92 Å². The Bertz CT molecular complexity index is 607. The highest BCUT2D eigenvalue weighted by Gasteiger charge is 2.32. The van der Waals surface area contributed by atoms with E-state index < -0.39 is 23.7 Å². The fourth-order valence-corrected chi connectivity index (χ4v) is 3.09. The Labute approximate surface area is 149 Å². The van der Waals surface area contributed by atoms with Crippen molar-refractivity contribution < 1.29 is 19.4 Å². The zero-order chi connectivity index (χ0) is 18.6. The molecule has 0 aromatic heterocycles. The van der Waals surface area contributed by atoms with Gasteiger partial charge in [0.15, 0.2) is 0 Å². The molecule has 0 saturated carbocycles. The van der Waals surface area contributed by atoms with Crippen molar-refractivity contribution in [2.24, 2.45) is 0 Å². The van der Waals surface area contributed by atoms with Crippen LogP contribution in [0.4, 0.5) is 4.79 Å². The Hall–Kier alpha value is -2.08. The Morgan fingerprint density at radius 2 is 1.92 bits per heavy atom. The summed E-state index contributed by atoms with van der Waals surface area (Å²) in [5.41, 5.74) is 1.30. The van der Waals surface area contributed by atoms with Gasteiger partial charge in [-0.2, -0.15) is 0 Å². The number of piperidine rings is 1. The van der Waals surface area contributed by atoms with Gasteiger partial charge >= 0.3 is 12.1 Å². The Morgan fingerprint density at radius 1 is 1.28 bits per heavy atom. The minimum absolute atomic E-state index is 0.115. The van der Waals surface area contributed by atoms with Crippen LogP contribution in [0.5, 0.6) is 0 Å². The fraction of sp³-hybridized carbons (Fsp3) is 0.579. The Kier molecular flexibility index (Phi) is 6.06. The summed E-state index contributed by atoms with van der Waals surface area (Å²) in [5.74, 6) is -0.873. The summed E-state index contributed by atoms with van der Waals surface area (Å²) >= 11 is 0. The van der Waals surface area contributed by atoms with Crippen molar-refractivity contribution in [1.82, 2.24) is 10.2 Å². The molecule has 1 aromatic carbocycles. The highest BCUT2D eigenvalue weighted by molar-refractivity contribution is 5.75. The van der Waals surface area contributed by atoms with E-state index in [9.17, 15) is 14.7 Å². The van der Waals surface area contributed by atoms with E-state index in [1.54, 1.807) is 0 Å². The van der Waals surface area contributed by atoms with Crippen LogP contribution in [0.25, 0.3) is 0 Å². The average molecular weight is 348 g/mol. The molecular formula is C19H28N2O4. The van der Waals surface area contributed by atoms with Crippen LogP contribution in [0.3, 0.4) is 0 Å². The zero-order valence-electron chi connectivity index (χ0n) is 15.4. The molecule has 6 heteroatoms. The lowest BCUT2D eigenvalue weighted by molar-refractivity contribution is -0.144. The van der Waals surface area contributed by atoms with Crippen molar-refractivity contribution >= 4 is 12.1 Å². The summed E-state index contributed by atoms with van der Waals surface area (Å²) in [6.07, 6.45) is 1.19. The molecule has 1 heterocycles. The van der Waals surface area contributed by atoms with Crippen LogP contribution in [0.15, 0.2) is 24.3 Å². The lowest BCUT2D eigenvalue weighted by atomic mass is 9.99. The molecule has 2 N–H and O–H groups in total. The number of amides is 1. The number of rotatable bonds is 4. The number of nitrogens with one attached hydrogen (secondary N) is 1. The number of aliphatic carboxylic acids is 1. The SMILES string of the molecule is Cc1ccc(C(C(=O)O)N2CCCC(NC(=O)OC(C)(C)C)C2)cc1. The first-order valence-corrected chi connectivity index (χ1v) is 8.68. The third-order valence-corrected chi connectivity index (χ3v) is 4.17. The topological polar surface area (TPSA) is 78.9 Å². The van der Waals surface area contributed by atoms with Crippen molar-refractivity contribution in [2.45, 2.75) is 58.2 Å². The minimum Gasteiger partial charge on any atom is -0.480 e. The summed E-state index contributed by atoms with van der Waals surface area (Å²) in [4.78, 5) is 25.7. The quantitative estimate of drug-likeness (QED) is 0.874. The largest absolute Gasteiger partial charge is 0.480 e. The molecule has 1 fully saturated rings. The first-order chi connectivity index (χ1) is 11.7. The van der Waals surface area contributed by atoms with Crippen LogP contribution in [-0.4, -0.2) is 46.8 Å². The molecule has 1 amide bonds. The van der Waals surface area contributed by atoms with Gasteiger partial charge in [0.2, 0.25) is 0 Å². The molecule has 0 aliphatic carbocycles. The number of aryl methyl sites for hydroxylation is 1. The first-order valence-electron chi connectivity index (χ1n) is 8.68. The lowest BCUT2D eigenvalue weighted by Gasteiger charge is -2.37. The molecular weight excluding hydrogens is 320 g/mol. The molecule has 0 radical (unpaired) electrons. The molecule has 1 aliphatic heterocycles. The van der Waals surface area contributed by atoms with Gasteiger partial charge in [-0.15, -0.1) is 0 Å². The molecule has 2 rings (SSSR count). The second-order valence-electron chi connectivity index (χ2n) is 7.63. The number of nitrogens with zero attached hydrogens (tertiary/aromatic N) is 1. The number of ether oxygens (including phenoxy) is 1. The van der Waals surface area contributed by atoms with Crippen LogP contribution in [-0.2, 0) is 9.53 Å². The summed E-state index contributed by atoms with van der Waals surface area (Å²) in [6.45, 7) is 8.61. The number of likely N-dealkylation sites (tertiary alicyclic amines) is 1. The summed E-state index contributed by atoms with van der Waals surface area (Å²) in [7, 11) is 0. The number of carbonyl (C=O) groups is 2. The number of benzene rings is 1. The average Bonchev–Trinajstić information content (AvgIpc) is 2.47. The molecule has 1 saturated heterocycles. The van der Waals surface area contributed by atoms with E-state index in [0.717, 1.165) is 24.0 Å². The van der Waals surface area contributed by atoms with Crippen molar-refractivity contribution in [3.05, 3.63) is 35.4 Å². The molecule has 1 aliphatic rings. The smallest absolute Gasteiger partial charge is 0.407 e. The highest BCUT2D eigenvalue weighted by atomic mass is 16.6. The number of carbonyl (C=O) groups excluding carboxylic acids is 1. The predicted molar refractivity (Wildman–Crippen MR) is 95.5 cm³/mol. The highest BCUT2D eigenvalue weighted by Crippen LogP contribution is 2.25. The van der Waals surface area contributed by atoms with E-state index in [0.29, 0.717) is 13.1 Å². The maximum absolute atomic E-state index is 12.0. The van der Waals surface area contributed by atoms with E-state index >= 15 is 0 Å². The minimum atomic E-state index is -0.873. The van der Waals surface area contributed by atoms with Gasteiger partial charge in [-0.25, -0.2) is 4.79 Å². The van der Waals surface area contributed by atoms with Crippen LogP contribution in [0.2, 0.25) is 0 Å². The summed E-state index contributed by atoms with van der Waals surface area (Å²) in [5, 5.41) is 12.6. The second-order valence-corrected chi connectivity index (χ2v) is 7.63. The lowest BCUT2D eigenvalue weighted by Crippen LogP contribution is -2.50. The third kappa shape index (κ3) is 5.74. The van der Waals surface area contributed by atoms with Gasteiger partial charge in [-0.05, 0) is 52.6 Å². The molecule has 0 bridgehead atoms. The van der Waals surface area contributed by atoms with Crippen LogP contribution in [0.1, 0.15) is 50.8 Å². The van der Waals surface area contributed by atoms with Crippen molar-refractivity contribution in [3.63, 3.8) is 0 Å². The van der Waals surface area contributed by atoms with Crippen molar-refractivity contribution in [3.8, 4) is 0 Å². The zero-order valence-corrected chi connectivity index (χ0v) is 15.4. The number of alkyl carbamates (subject to hydrolysis) is 1. The monoisotopic (exact) mass is 348 g/mol. The van der Waals surface area contributed by atoms with Gasteiger partial charge in [-0.1, -0.05) is 29.8 Å². The first kappa shape index (κ1) is 19.2. The van der Waals surface area contributed by atoms with Gasteiger partial charge in [0, 0.05) is 12.6 Å².